The van der Waals surface area contributed by atoms with E-state index >= 15 is 0 Å². The topological polar surface area (TPSA) is 51.2 Å². The fourth-order valence-electron chi connectivity index (χ4n) is 3.17. The predicted molar refractivity (Wildman–Crippen MR) is 105 cm³/mol. The molecule has 0 amide bonds. The molecule has 0 aromatic heterocycles. The van der Waals surface area contributed by atoms with Gasteiger partial charge in [-0.2, -0.15) is 0 Å². The molecule has 0 saturated heterocycles. The van der Waals surface area contributed by atoms with Crippen molar-refractivity contribution in [3.05, 3.63) is 66.2 Å². The van der Waals surface area contributed by atoms with Crippen LogP contribution in [0, 0.1) is 0 Å². The normalized spacial score (nSPS) is 13.6. The van der Waals surface area contributed by atoms with Gasteiger partial charge in [0, 0.05) is 19.6 Å². The number of methoxy groups -OCH3 is 1. The number of ether oxygens (including phenoxy) is 3. The number of hydrogen-bond acceptors (Lipinski definition) is 5. The summed E-state index contributed by atoms with van der Waals surface area (Å²) in [5.74, 6) is 2.41. The average Bonchev–Trinajstić information content (AvgIpc) is 3.14. The molecule has 1 heterocycles. The van der Waals surface area contributed by atoms with E-state index in [1.54, 1.807) is 7.11 Å². The lowest BCUT2D eigenvalue weighted by atomic mass is 10.1. The van der Waals surface area contributed by atoms with Crippen LogP contribution in [0.5, 0.6) is 17.2 Å². The summed E-state index contributed by atoms with van der Waals surface area (Å²) in [5.41, 5.74) is 2.30. The van der Waals surface area contributed by atoms with Gasteiger partial charge in [-0.25, -0.2) is 0 Å². The number of hydrogen-bond donors (Lipinski definition) is 1. The van der Waals surface area contributed by atoms with Crippen molar-refractivity contribution in [3.63, 3.8) is 0 Å². The molecule has 5 nitrogen and oxygen atoms in total. The summed E-state index contributed by atoms with van der Waals surface area (Å²) in [5, 5.41) is 10.4. The van der Waals surface area contributed by atoms with Crippen LogP contribution in [-0.4, -0.2) is 36.6 Å². The van der Waals surface area contributed by atoms with Crippen LogP contribution in [0.2, 0.25) is 0 Å². The van der Waals surface area contributed by atoms with E-state index in [2.05, 4.69) is 23.6 Å². The zero-order valence-corrected chi connectivity index (χ0v) is 15.8. The SMILES string of the molecule is C=CCC[C@H](O)CN(Cc1ccc(OC)cc1)Cc1ccc2c(c1)OCO2. The molecule has 0 saturated carbocycles. The largest absolute Gasteiger partial charge is 0.497 e. The number of aliphatic hydroxyl groups is 1. The van der Waals surface area contributed by atoms with Crippen LogP contribution in [0.25, 0.3) is 0 Å². The van der Waals surface area contributed by atoms with Gasteiger partial charge < -0.3 is 19.3 Å². The maximum atomic E-state index is 10.4. The van der Waals surface area contributed by atoms with Gasteiger partial charge in [0.25, 0.3) is 0 Å². The van der Waals surface area contributed by atoms with Crippen molar-refractivity contribution in [1.29, 1.82) is 0 Å². The molecule has 3 rings (SSSR count). The van der Waals surface area contributed by atoms with E-state index in [1.807, 2.05) is 36.4 Å². The lowest BCUT2D eigenvalue weighted by Crippen LogP contribution is -2.31. The van der Waals surface area contributed by atoms with E-state index in [0.717, 1.165) is 35.8 Å². The van der Waals surface area contributed by atoms with E-state index in [9.17, 15) is 5.11 Å². The molecule has 1 atom stereocenters. The van der Waals surface area contributed by atoms with Crippen molar-refractivity contribution in [1.82, 2.24) is 4.90 Å². The molecule has 0 spiro atoms. The second-order valence-electron chi connectivity index (χ2n) is 6.73. The number of allylic oxidation sites excluding steroid dienone is 1. The Morgan fingerprint density at radius 2 is 1.81 bits per heavy atom. The highest BCUT2D eigenvalue weighted by atomic mass is 16.7. The highest BCUT2D eigenvalue weighted by Crippen LogP contribution is 2.33. The first-order valence-electron chi connectivity index (χ1n) is 9.20. The molecule has 1 aliphatic heterocycles. The fourth-order valence-corrected chi connectivity index (χ4v) is 3.17. The van der Waals surface area contributed by atoms with Crippen LogP contribution < -0.4 is 14.2 Å². The third-order valence-electron chi connectivity index (χ3n) is 4.58. The third kappa shape index (κ3) is 5.49. The summed E-state index contributed by atoms with van der Waals surface area (Å²) in [4.78, 5) is 2.24. The van der Waals surface area contributed by atoms with Gasteiger partial charge in [-0.05, 0) is 48.2 Å². The van der Waals surface area contributed by atoms with Gasteiger partial charge in [-0.1, -0.05) is 24.3 Å². The van der Waals surface area contributed by atoms with E-state index in [-0.39, 0.29) is 6.79 Å². The second kappa shape index (κ2) is 9.44. The minimum Gasteiger partial charge on any atom is -0.497 e. The molecular formula is C22H27NO4. The first-order valence-corrected chi connectivity index (χ1v) is 9.20. The Balaban J connectivity index is 1.70. The molecule has 27 heavy (non-hydrogen) atoms. The van der Waals surface area contributed by atoms with Crippen LogP contribution in [0.1, 0.15) is 24.0 Å². The highest BCUT2D eigenvalue weighted by molar-refractivity contribution is 5.44. The summed E-state index contributed by atoms with van der Waals surface area (Å²) in [6.07, 6.45) is 2.97. The van der Waals surface area contributed by atoms with Crippen molar-refractivity contribution in [2.45, 2.75) is 32.0 Å². The second-order valence-corrected chi connectivity index (χ2v) is 6.73. The summed E-state index contributed by atoms with van der Waals surface area (Å²) >= 11 is 0. The Morgan fingerprint density at radius 1 is 1.11 bits per heavy atom. The standard InChI is InChI=1S/C22H27NO4/c1-3-4-5-19(24)15-23(13-17-6-9-20(25-2)10-7-17)14-18-8-11-21-22(12-18)27-16-26-21/h3,6-12,19,24H,1,4-5,13-16H2,2H3/t19-/m0/s1. The van der Waals surface area contributed by atoms with Crippen LogP contribution >= 0.6 is 0 Å². The van der Waals surface area contributed by atoms with Crippen molar-refractivity contribution in [3.8, 4) is 17.2 Å². The molecule has 144 valence electrons. The average molecular weight is 369 g/mol. The van der Waals surface area contributed by atoms with Crippen molar-refractivity contribution < 1.29 is 19.3 Å². The summed E-state index contributed by atoms with van der Waals surface area (Å²) in [7, 11) is 1.66. The molecule has 0 fully saturated rings. The smallest absolute Gasteiger partial charge is 0.231 e. The quantitative estimate of drug-likeness (QED) is 0.647. The Bertz CT molecular complexity index is 744. The number of benzene rings is 2. The van der Waals surface area contributed by atoms with Gasteiger partial charge in [0.1, 0.15) is 5.75 Å². The zero-order valence-electron chi connectivity index (χ0n) is 15.8. The Kier molecular flexibility index (Phi) is 6.74. The number of fused-ring (bicyclic) bond motifs is 1. The third-order valence-corrected chi connectivity index (χ3v) is 4.58. The van der Waals surface area contributed by atoms with E-state index in [4.69, 9.17) is 14.2 Å². The maximum Gasteiger partial charge on any atom is 0.231 e. The molecule has 0 unspecified atom stereocenters. The van der Waals surface area contributed by atoms with Gasteiger partial charge in [-0.15, -0.1) is 6.58 Å². The molecule has 1 aliphatic rings. The summed E-state index contributed by atoms with van der Waals surface area (Å²) in [6.45, 7) is 6.05. The van der Waals surface area contributed by atoms with Gasteiger partial charge in [0.05, 0.1) is 13.2 Å². The van der Waals surface area contributed by atoms with E-state index in [1.165, 1.54) is 5.56 Å². The van der Waals surface area contributed by atoms with Gasteiger partial charge in [-0.3, -0.25) is 4.90 Å². The summed E-state index contributed by atoms with van der Waals surface area (Å²) in [6, 6.07) is 14.0. The van der Waals surface area contributed by atoms with Crippen molar-refractivity contribution >= 4 is 0 Å². The van der Waals surface area contributed by atoms with Crippen molar-refractivity contribution in [2.75, 3.05) is 20.4 Å². The van der Waals surface area contributed by atoms with Gasteiger partial charge in [0.15, 0.2) is 11.5 Å². The van der Waals surface area contributed by atoms with Crippen LogP contribution in [0.3, 0.4) is 0 Å². The molecular weight excluding hydrogens is 342 g/mol. The number of rotatable bonds is 10. The fraction of sp³-hybridized carbons (Fsp3) is 0.364. The number of nitrogens with zero attached hydrogens (tertiary/aromatic N) is 1. The molecule has 1 N–H and O–H groups in total. The van der Waals surface area contributed by atoms with Crippen LogP contribution in [0.4, 0.5) is 0 Å². The lowest BCUT2D eigenvalue weighted by Gasteiger charge is -2.25. The zero-order chi connectivity index (χ0) is 19.1. The first kappa shape index (κ1) is 19.3. The molecule has 2 aromatic rings. The molecule has 2 aromatic carbocycles. The highest BCUT2D eigenvalue weighted by Gasteiger charge is 2.17. The minimum absolute atomic E-state index is 0.272. The minimum atomic E-state index is -0.393. The lowest BCUT2D eigenvalue weighted by molar-refractivity contribution is 0.0983. The number of aliphatic hydroxyl groups excluding tert-OH is 1. The monoisotopic (exact) mass is 369 g/mol. The van der Waals surface area contributed by atoms with Crippen LogP contribution in [0.15, 0.2) is 55.1 Å². The molecule has 0 bridgehead atoms. The molecule has 5 heteroatoms. The van der Waals surface area contributed by atoms with Crippen molar-refractivity contribution in [2.24, 2.45) is 0 Å². The molecule has 0 aliphatic carbocycles. The van der Waals surface area contributed by atoms with Gasteiger partial charge in [0.2, 0.25) is 6.79 Å². The van der Waals surface area contributed by atoms with Gasteiger partial charge >= 0.3 is 0 Å². The Labute approximate surface area is 160 Å². The molecule has 0 radical (unpaired) electrons. The first-order chi connectivity index (χ1) is 13.2. The van der Waals surface area contributed by atoms with E-state index < -0.39 is 6.10 Å². The Hall–Kier alpha value is -2.50. The predicted octanol–water partition coefficient (Wildman–Crippen LogP) is 3.75. The Morgan fingerprint density at radius 3 is 2.56 bits per heavy atom. The van der Waals surface area contributed by atoms with Crippen LogP contribution in [-0.2, 0) is 13.1 Å². The van der Waals surface area contributed by atoms with E-state index in [0.29, 0.717) is 19.5 Å². The maximum absolute atomic E-state index is 10.4. The summed E-state index contributed by atoms with van der Waals surface area (Å²) < 4.78 is 16.1.